The van der Waals surface area contributed by atoms with Crippen LogP contribution in [0.1, 0.15) is 41.4 Å². The van der Waals surface area contributed by atoms with Crippen molar-refractivity contribution in [2.24, 2.45) is 0 Å². The number of rotatable bonds is 3. The van der Waals surface area contributed by atoms with E-state index in [4.69, 9.17) is 23.2 Å². The van der Waals surface area contributed by atoms with Gasteiger partial charge in [-0.3, -0.25) is 0 Å². The van der Waals surface area contributed by atoms with Crippen molar-refractivity contribution < 1.29 is 9.90 Å². The molecule has 3 aromatic rings. The number of carboxylic acids is 1. The third kappa shape index (κ3) is 3.17. The Kier molecular flexibility index (Phi) is 4.59. The minimum Gasteiger partial charge on any atom is -0.476 e. The Morgan fingerprint density at radius 2 is 1.92 bits per heavy atom. The van der Waals surface area contributed by atoms with Crippen LogP contribution in [0.3, 0.4) is 0 Å². The molecule has 1 fully saturated rings. The van der Waals surface area contributed by atoms with E-state index in [1.165, 1.54) is 6.07 Å². The lowest BCUT2D eigenvalue weighted by Crippen LogP contribution is -2.25. The van der Waals surface area contributed by atoms with Crippen molar-refractivity contribution in [3.05, 3.63) is 53.9 Å². The summed E-state index contributed by atoms with van der Waals surface area (Å²) in [6.45, 7) is 0. The number of hydrogen-bond acceptors (Lipinski definition) is 3. The van der Waals surface area contributed by atoms with Crippen molar-refractivity contribution in [3.63, 3.8) is 0 Å². The number of aromatic carboxylic acids is 1. The number of aromatic nitrogens is 3. The third-order valence-electron chi connectivity index (χ3n) is 4.82. The summed E-state index contributed by atoms with van der Waals surface area (Å²) in [7, 11) is 0. The maximum absolute atomic E-state index is 11.4. The first-order valence-corrected chi connectivity index (χ1v) is 9.38. The number of alkyl halides is 2. The molecule has 1 N–H and O–H groups in total. The lowest BCUT2D eigenvalue weighted by atomic mass is 9.85. The first-order valence-electron chi connectivity index (χ1n) is 8.50. The van der Waals surface area contributed by atoms with Gasteiger partial charge in [-0.2, -0.15) is 5.10 Å². The molecule has 0 aliphatic heterocycles. The minimum absolute atomic E-state index is 0.0290. The quantitative estimate of drug-likeness (QED) is 0.665. The van der Waals surface area contributed by atoms with E-state index in [1.54, 1.807) is 4.52 Å². The molecule has 0 spiro atoms. The number of nitrogens with zero attached hydrogens (tertiary/aromatic N) is 3. The SMILES string of the molecule is O=C(O)c1cc2nc(C3CCC(Cl)CC3Cl)cc(-c3ccccc3)n2n1. The van der Waals surface area contributed by atoms with Crippen LogP contribution in [-0.2, 0) is 0 Å². The molecule has 1 aliphatic carbocycles. The summed E-state index contributed by atoms with van der Waals surface area (Å²) in [6.07, 6.45) is 2.49. The highest BCUT2D eigenvalue weighted by Gasteiger charge is 2.31. The first-order chi connectivity index (χ1) is 12.5. The number of benzene rings is 1. The second-order valence-corrected chi connectivity index (χ2v) is 7.75. The van der Waals surface area contributed by atoms with Crippen LogP contribution in [0.5, 0.6) is 0 Å². The van der Waals surface area contributed by atoms with Gasteiger partial charge in [0.05, 0.1) is 5.69 Å². The van der Waals surface area contributed by atoms with Crippen LogP contribution in [0.4, 0.5) is 0 Å². The van der Waals surface area contributed by atoms with Crippen molar-refractivity contribution >= 4 is 34.8 Å². The summed E-state index contributed by atoms with van der Waals surface area (Å²) in [5, 5.41) is 13.5. The fourth-order valence-electron chi connectivity index (χ4n) is 3.50. The standard InChI is InChI=1S/C19H17Cl2N3O2/c20-12-6-7-13(14(21)8-12)15-9-17(11-4-2-1-3-5-11)24-18(22-15)10-16(23-24)19(25)26/h1-5,9-10,12-14H,6-8H2,(H,25,26). The molecule has 0 bridgehead atoms. The number of hydrogen-bond donors (Lipinski definition) is 1. The van der Waals surface area contributed by atoms with Crippen LogP contribution in [0, 0.1) is 0 Å². The Bertz CT molecular complexity index is 958. The zero-order chi connectivity index (χ0) is 18.3. The molecule has 134 valence electrons. The van der Waals surface area contributed by atoms with Crippen LogP contribution < -0.4 is 0 Å². The van der Waals surface area contributed by atoms with Gasteiger partial charge in [-0.15, -0.1) is 23.2 Å². The lowest BCUT2D eigenvalue weighted by Gasteiger charge is -2.29. The number of carboxylic acid groups (broad SMARTS) is 1. The van der Waals surface area contributed by atoms with Crippen LogP contribution in [0.25, 0.3) is 16.9 Å². The Hall–Kier alpha value is -2.11. The molecule has 3 atom stereocenters. The largest absolute Gasteiger partial charge is 0.476 e. The topological polar surface area (TPSA) is 67.5 Å². The molecule has 0 amide bonds. The Labute approximate surface area is 160 Å². The summed E-state index contributed by atoms with van der Waals surface area (Å²) in [4.78, 5) is 16.0. The zero-order valence-corrected chi connectivity index (χ0v) is 15.4. The second-order valence-electron chi connectivity index (χ2n) is 6.57. The van der Waals surface area contributed by atoms with Crippen LogP contribution >= 0.6 is 23.2 Å². The zero-order valence-electron chi connectivity index (χ0n) is 13.8. The summed E-state index contributed by atoms with van der Waals surface area (Å²) >= 11 is 12.8. The highest BCUT2D eigenvalue weighted by Crippen LogP contribution is 2.39. The maximum Gasteiger partial charge on any atom is 0.356 e. The van der Waals surface area contributed by atoms with Gasteiger partial charge in [0.1, 0.15) is 0 Å². The van der Waals surface area contributed by atoms with Gasteiger partial charge in [-0.1, -0.05) is 30.3 Å². The highest BCUT2D eigenvalue weighted by atomic mass is 35.5. The molecule has 0 radical (unpaired) electrons. The monoisotopic (exact) mass is 389 g/mol. The van der Waals surface area contributed by atoms with E-state index in [1.807, 2.05) is 36.4 Å². The van der Waals surface area contributed by atoms with Crippen molar-refractivity contribution in [1.29, 1.82) is 0 Å². The fourth-order valence-corrected chi connectivity index (χ4v) is 4.38. The average molecular weight is 390 g/mol. The molecule has 5 nitrogen and oxygen atoms in total. The number of fused-ring (bicyclic) bond motifs is 1. The van der Waals surface area contributed by atoms with Crippen molar-refractivity contribution in [2.45, 2.75) is 35.9 Å². The maximum atomic E-state index is 11.4. The van der Waals surface area contributed by atoms with Gasteiger partial charge in [0.25, 0.3) is 0 Å². The van der Waals surface area contributed by atoms with Crippen LogP contribution in [0.15, 0.2) is 42.5 Å². The smallest absolute Gasteiger partial charge is 0.356 e. The highest BCUT2D eigenvalue weighted by molar-refractivity contribution is 6.24. The third-order valence-corrected chi connectivity index (χ3v) is 5.70. The molecule has 2 heterocycles. The molecule has 2 aromatic heterocycles. The van der Waals surface area contributed by atoms with E-state index in [9.17, 15) is 9.90 Å². The van der Waals surface area contributed by atoms with Crippen molar-refractivity contribution in [2.75, 3.05) is 0 Å². The summed E-state index contributed by atoms with van der Waals surface area (Å²) in [6, 6.07) is 13.2. The molecular formula is C19H17Cl2N3O2. The molecule has 7 heteroatoms. The van der Waals surface area contributed by atoms with Gasteiger partial charge < -0.3 is 5.11 Å². The molecule has 26 heavy (non-hydrogen) atoms. The Morgan fingerprint density at radius 1 is 1.15 bits per heavy atom. The van der Waals surface area contributed by atoms with E-state index in [0.29, 0.717) is 5.65 Å². The van der Waals surface area contributed by atoms with Gasteiger partial charge in [0, 0.05) is 34.0 Å². The molecular weight excluding hydrogens is 373 g/mol. The fraction of sp³-hybridized carbons (Fsp3) is 0.316. The summed E-state index contributed by atoms with van der Waals surface area (Å²) in [5.74, 6) is -0.990. The first kappa shape index (κ1) is 17.3. The van der Waals surface area contributed by atoms with Gasteiger partial charge in [0.2, 0.25) is 0 Å². The van der Waals surface area contributed by atoms with Crippen LogP contribution in [0.2, 0.25) is 0 Å². The van der Waals surface area contributed by atoms with Crippen molar-refractivity contribution in [1.82, 2.24) is 14.6 Å². The average Bonchev–Trinajstić information content (AvgIpc) is 3.06. The Balaban J connectivity index is 1.88. The van der Waals surface area contributed by atoms with Gasteiger partial charge >= 0.3 is 5.97 Å². The molecule has 1 saturated carbocycles. The van der Waals surface area contributed by atoms with E-state index < -0.39 is 5.97 Å². The van der Waals surface area contributed by atoms with E-state index in [0.717, 1.165) is 36.2 Å². The lowest BCUT2D eigenvalue weighted by molar-refractivity contribution is 0.0690. The predicted octanol–water partition coefficient (Wildman–Crippen LogP) is 4.58. The number of carbonyl (C=O) groups is 1. The normalized spacial score (nSPS) is 23.2. The van der Waals surface area contributed by atoms with Crippen molar-refractivity contribution in [3.8, 4) is 11.3 Å². The van der Waals surface area contributed by atoms with Gasteiger partial charge in [-0.05, 0) is 25.3 Å². The summed E-state index contributed by atoms with van der Waals surface area (Å²) in [5.41, 5.74) is 3.08. The predicted molar refractivity (Wildman–Crippen MR) is 101 cm³/mol. The van der Waals surface area contributed by atoms with E-state index in [-0.39, 0.29) is 22.4 Å². The molecule has 3 unspecified atom stereocenters. The van der Waals surface area contributed by atoms with Gasteiger partial charge in [-0.25, -0.2) is 14.3 Å². The number of halogens is 2. The second kappa shape index (κ2) is 6.89. The van der Waals surface area contributed by atoms with E-state index >= 15 is 0 Å². The van der Waals surface area contributed by atoms with Crippen LogP contribution in [-0.4, -0.2) is 36.4 Å². The Morgan fingerprint density at radius 3 is 2.62 bits per heavy atom. The molecule has 1 aliphatic rings. The molecule has 0 saturated heterocycles. The van der Waals surface area contributed by atoms with E-state index in [2.05, 4.69) is 10.1 Å². The summed E-state index contributed by atoms with van der Waals surface area (Å²) < 4.78 is 1.58. The van der Waals surface area contributed by atoms with Gasteiger partial charge in [0.15, 0.2) is 11.3 Å². The molecule has 1 aromatic carbocycles. The minimum atomic E-state index is -1.08. The molecule has 4 rings (SSSR count).